The summed E-state index contributed by atoms with van der Waals surface area (Å²) in [5, 5.41) is 2.53. The van der Waals surface area contributed by atoms with Gasteiger partial charge < -0.3 is 10.6 Å². The van der Waals surface area contributed by atoms with Crippen molar-refractivity contribution >= 4 is 29.7 Å². The number of carbonyl (C=O) groups is 1. The summed E-state index contributed by atoms with van der Waals surface area (Å²) < 4.78 is 26.9. The van der Waals surface area contributed by atoms with Gasteiger partial charge in [0.1, 0.15) is 17.3 Å². The lowest BCUT2D eigenvalue weighted by Crippen LogP contribution is -2.33. The molecule has 0 bridgehead atoms. The van der Waals surface area contributed by atoms with E-state index in [1.165, 1.54) is 23.5 Å². The predicted molar refractivity (Wildman–Crippen MR) is 91.4 cm³/mol. The Balaban J connectivity index is 0.00000208. The first-order chi connectivity index (χ1) is 11.1. The molecule has 0 aliphatic heterocycles. The van der Waals surface area contributed by atoms with Crippen LogP contribution in [0, 0.1) is 11.6 Å². The van der Waals surface area contributed by atoms with E-state index in [1.807, 2.05) is 0 Å². The highest BCUT2D eigenvalue weighted by Crippen LogP contribution is 2.30. The molecule has 1 amide bonds. The van der Waals surface area contributed by atoms with Crippen molar-refractivity contribution < 1.29 is 13.6 Å². The third kappa shape index (κ3) is 4.28. The van der Waals surface area contributed by atoms with E-state index in [2.05, 4.69) is 4.98 Å². The highest BCUT2D eigenvalue weighted by Gasteiger charge is 2.34. The van der Waals surface area contributed by atoms with E-state index in [-0.39, 0.29) is 30.9 Å². The molecule has 1 aliphatic rings. The van der Waals surface area contributed by atoms with Crippen molar-refractivity contribution in [3.8, 4) is 0 Å². The van der Waals surface area contributed by atoms with Gasteiger partial charge in [0.05, 0.1) is 5.01 Å². The van der Waals surface area contributed by atoms with Crippen molar-refractivity contribution in [2.75, 3.05) is 6.54 Å². The molecule has 1 aromatic heterocycles. The Bertz CT molecular complexity index is 721. The number of nitrogens with zero attached hydrogens (tertiary/aromatic N) is 2. The molecule has 1 aromatic carbocycles. The summed E-state index contributed by atoms with van der Waals surface area (Å²) in [6.45, 7) is 0.605. The zero-order chi connectivity index (χ0) is 16.4. The van der Waals surface area contributed by atoms with E-state index in [0.717, 1.165) is 23.9 Å². The largest absolute Gasteiger partial charge is 0.330 e. The average Bonchev–Trinajstić information content (AvgIpc) is 3.25. The standard InChI is InChI=1S/C16H17F2N3OS.ClH/c17-11-2-1-10(13(18)7-11)8-21(12-3-4-12)16(22)14-9-23-15(20-14)5-6-19;/h1-2,7,9,12H,3-6,8,19H2;1H. The smallest absolute Gasteiger partial charge is 0.273 e. The van der Waals surface area contributed by atoms with Crippen LogP contribution >= 0.6 is 23.7 Å². The minimum absolute atomic E-state index is 0. The molecule has 24 heavy (non-hydrogen) atoms. The fraction of sp³-hybridized carbons (Fsp3) is 0.375. The van der Waals surface area contributed by atoms with Crippen LogP contribution in [-0.2, 0) is 13.0 Å². The topological polar surface area (TPSA) is 59.2 Å². The normalized spacial score (nSPS) is 13.5. The second-order valence-corrected chi connectivity index (χ2v) is 6.51. The van der Waals surface area contributed by atoms with Crippen molar-refractivity contribution in [1.82, 2.24) is 9.88 Å². The van der Waals surface area contributed by atoms with Crippen LogP contribution in [0.3, 0.4) is 0 Å². The van der Waals surface area contributed by atoms with E-state index in [0.29, 0.717) is 24.2 Å². The van der Waals surface area contributed by atoms with Crippen LogP contribution in [0.1, 0.15) is 33.9 Å². The maximum atomic E-state index is 13.9. The fourth-order valence-electron chi connectivity index (χ4n) is 2.38. The van der Waals surface area contributed by atoms with E-state index in [9.17, 15) is 13.6 Å². The Hall–Kier alpha value is -1.57. The zero-order valence-corrected chi connectivity index (χ0v) is 14.5. The molecule has 1 aliphatic carbocycles. The Morgan fingerprint density at radius 2 is 2.12 bits per heavy atom. The number of halogens is 3. The Morgan fingerprint density at radius 1 is 1.38 bits per heavy atom. The van der Waals surface area contributed by atoms with Gasteiger partial charge in [0, 0.05) is 36.0 Å². The molecule has 0 atom stereocenters. The quantitative estimate of drug-likeness (QED) is 0.846. The molecule has 1 heterocycles. The SMILES string of the molecule is Cl.NCCc1nc(C(=O)N(Cc2ccc(F)cc2F)C2CC2)cs1. The lowest BCUT2D eigenvalue weighted by molar-refractivity contribution is 0.0723. The highest BCUT2D eigenvalue weighted by molar-refractivity contribution is 7.09. The lowest BCUT2D eigenvalue weighted by atomic mass is 10.2. The summed E-state index contributed by atoms with van der Waals surface area (Å²) in [5.41, 5.74) is 6.17. The molecule has 0 radical (unpaired) electrons. The lowest BCUT2D eigenvalue weighted by Gasteiger charge is -2.22. The second kappa shape index (κ2) is 8.00. The van der Waals surface area contributed by atoms with Crippen molar-refractivity contribution in [3.05, 3.63) is 51.5 Å². The van der Waals surface area contributed by atoms with Crippen molar-refractivity contribution in [3.63, 3.8) is 0 Å². The number of nitrogens with two attached hydrogens (primary N) is 1. The molecule has 2 aromatic rings. The molecule has 0 spiro atoms. The minimum atomic E-state index is -0.634. The van der Waals surface area contributed by atoms with Crippen molar-refractivity contribution in [2.45, 2.75) is 31.8 Å². The predicted octanol–water partition coefficient (Wildman–Crippen LogP) is 3.15. The summed E-state index contributed by atoms with van der Waals surface area (Å²) in [7, 11) is 0. The van der Waals surface area contributed by atoms with Crippen LogP contribution in [-0.4, -0.2) is 28.4 Å². The van der Waals surface area contributed by atoms with E-state index in [1.54, 1.807) is 10.3 Å². The summed E-state index contributed by atoms with van der Waals surface area (Å²) in [6.07, 6.45) is 2.43. The molecule has 130 valence electrons. The first kappa shape index (κ1) is 18.8. The highest BCUT2D eigenvalue weighted by atomic mass is 35.5. The van der Waals surface area contributed by atoms with Crippen molar-refractivity contribution in [1.29, 1.82) is 0 Å². The van der Waals surface area contributed by atoms with Gasteiger partial charge in [0.2, 0.25) is 0 Å². The molecule has 4 nitrogen and oxygen atoms in total. The average molecular weight is 374 g/mol. The molecule has 1 saturated carbocycles. The van der Waals surface area contributed by atoms with Gasteiger partial charge in [-0.25, -0.2) is 13.8 Å². The second-order valence-electron chi connectivity index (χ2n) is 5.57. The van der Waals surface area contributed by atoms with Crippen LogP contribution in [0.5, 0.6) is 0 Å². The first-order valence-electron chi connectivity index (χ1n) is 7.48. The molecular formula is C16H18ClF2N3OS. The summed E-state index contributed by atoms with van der Waals surface area (Å²) in [4.78, 5) is 18.6. The number of hydrogen-bond acceptors (Lipinski definition) is 4. The van der Waals surface area contributed by atoms with E-state index < -0.39 is 11.6 Å². The van der Waals surface area contributed by atoms with Gasteiger partial charge >= 0.3 is 0 Å². The number of aromatic nitrogens is 1. The number of carbonyl (C=O) groups excluding carboxylic acids is 1. The summed E-state index contributed by atoms with van der Waals surface area (Å²) in [6, 6.07) is 3.53. The number of thiazole rings is 1. The van der Waals surface area contributed by atoms with Gasteiger partial charge in [-0.3, -0.25) is 4.79 Å². The zero-order valence-electron chi connectivity index (χ0n) is 12.9. The molecular weight excluding hydrogens is 356 g/mol. The van der Waals surface area contributed by atoms with E-state index in [4.69, 9.17) is 5.73 Å². The molecule has 8 heteroatoms. The first-order valence-corrected chi connectivity index (χ1v) is 8.36. The van der Waals surface area contributed by atoms with Crippen LogP contribution in [0.25, 0.3) is 0 Å². The number of benzene rings is 1. The van der Waals surface area contributed by atoms with Crippen LogP contribution in [0.4, 0.5) is 8.78 Å². The Kier molecular flexibility index (Phi) is 6.26. The Labute approximate surface area is 149 Å². The van der Waals surface area contributed by atoms with Gasteiger partial charge in [0.15, 0.2) is 0 Å². The van der Waals surface area contributed by atoms with Gasteiger partial charge in [-0.1, -0.05) is 6.07 Å². The molecule has 1 fully saturated rings. The van der Waals surface area contributed by atoms with Gasteiger partial charge in [-0.05, 0) is 25.5 Å². The molecule has 2 N–H and O–H groups in total. The van der Waals surface area contributed by atoms with Crippen molar-refractivity contribution in [2.24, 2.45) is 5.73 Å². The van der Waals surface area contributed by atoms with E-state index >= 15 is 0 Å². The van der Waals surface area contributed by atoms with Crippen LogP contribution in [0.15, 0.2) is 23.6 Å². The van der Waals surface area contributed by atoms with Crippen LogP contribution in [0.2, 0.25) is 0 Å². The van der Waals surface area contributed by atoms with Gasteiger partial charge in [-0.2, -0.15) is 0 Å². The molecule has 3 rings (SSSR count). The maximum absolute atomic E-state index is 13.9. The van der Waals surface area contributed by atoms with Crippen LogP contribution < -0.4 is 5.73 Å². The monoisotopic (exact) mass is 373 g/mol. The number of amides is 1. The maximum Gasteiger partial charge on any atom is 0.273 e. The third-order valence-corrected chi connectivity index (χ3v) is 4.64. The fourth-order valence-corrected chi connectivity index (χ4v) is 3.17. The Morgan fingerprint density at radius 3 is 2.75 bits per heavy atom. The summed E-state index contributed by atoms with van der Waals surface area (Å²) >= 11 is 1.40. The third-order valence-electron chi connectivity index (χ3n) is 3.73. The minimum Gasteiger partial charge on any atom is -0.330 e. The number of rotatable bonds is 6. The van der Waals surface area contributed by atoms with Gasteiger partial charge in [-0.15, -0.1) is 23.7 Å². The molecule has 0 saturated heterocycles. The summed E-state index contributed by atoms with van der Waals surface area (Å²) in [5.74, 6) is -1.47. The van der Waals surface area contributed by atoms with Gasteiger partial charge in [0.25, 0.3) is 5.91 Å². The molecule has 0 unspecified atom stereocenters. The number of hydrogen-bond donors (Lipinski definition) is 1.